The third kappa shape index (κ3) is 3.04. The van der Waals surface area contributed by atoms with Crippen LogP contribution < -0.4 is 4.74 Å². The van der Waals surface area contributed by atoms with Gasteiger partial charge in [0, 0.05) is 26.3 Å². The van der Waals surface area contributed by atoms with E-state index in [1.54, 1.807) is 23.8 Å². The molecule has 3 aromatic rings. The van der Waals surface area contributed by atoms with Gasteiger partial charge in [-0.25, -0.2) is 9.99 Å². The fourth-order valence-corrected chi connectivity index (χ4v) is 4.95. The highest BCUT2D eigenvalue weighted by atomic mass is 35.5. The smallest absolute Gasteiger partial charge is 0.275 e. The van der Waals surface area contributed by atoms with Gasteiger partial charge in [-0.3, -0.25) is 19.3 Å². The Morgan fingerprint density at radius 3 is 2.47 bits per heavy atom. The highest BCUT2D eigenvalue weighted by Crippen LogP contribution is 2.50. The summed E-state index contributed by atoms with van der Waals surface area (Å²) < 4.78 is 6.88. The highest BCUT2D eigenvalue weighted by molar-refractivity contribution is 6.38. The fraction of sp³-hybridized carbons (Fsp3) is 0.391. The average molecular weight is 454 g/mol. The van der Waals surface area contributed by atoms with Crippen LogP contribution in [0.25, 0.3) is 11.0 Å². The Kier molecular flexibility index (Phi) is 4.85. The van der Waals surface area contributed by atoms with Crippen LogP contribution in [0.15, 0.2) is 30.5 Å². The molecule has 9 heteroatoms. The first kappa shape index (κ1) is 20.8. The van der Waals surface area contributed by atoms with Crippen LogP contribution in [0.3, 0.4) is 0 Å². The van der Waals surface area contributed by atoms with Crippen molar-refractivity contribution in [3.05, 3.63) is 52.3 Å². The van der Waals surface area contributed by atoms with Gasteiger partial charge in [0.2, 0.25) is 0 Å². The van der Waals surface area contributed by atoms with Gasteiger partial charge in [-0.05, 0) is 43.9 Å². The number of fused-ring (bicyclic) bond motifs is 1. The third-order valence-corrected chi connectivity index (χ3v) is 6.89. The third-order valence-electron chi connectivity index (χ3n) is 6.50. The van der Waals surface area contributed by atoms with Crippen LogP contribution >= 0.6 is 11.6 Å². The standard InChI is InChI=1S/C23H24ClN5O3/c1-14-18-19(24)17(13-25-20(18)27(2)26-14)21(30)28-11-4-12-29(28)22(31)23(9-10-23)15-5-7-16(32-3)8-6-15/h5-8,13H,4,9-12H2,1-3H3. The number of aromatic nitrogens is 3. The molecule has 1 aromatic carbocycles. The maximum Gasteiger partial charge on any atom is 0.275 e. The molecule has 0 unspecified atom stereocenters. The van der Waals surface area contributed by atoms with Gasteiger partial charge in [-0.15, -0.1) is 0 Å². The van der Waals surface area contributed by atoms with E-state index in [4.69, 9.17) is 16.3 Å². The molecule has 3 heterocycles. The molecule has 8 nitrogen and oxygen atoms in total. The van der Waals surface area contributed by atoms with E-state index in [1.165, 1.54) is 11.2 Å². The van der Waals surface area contributed by atoms with Crippen molar-refractivity contribution in [1.29, 1.82) is 0 Å². The topological polar surface area (TPSA) is 80.6 Å². The molecule has 2 fully saturated rings. The summed E-state index contributed by atoms with van der Waals surface area (Å²) in [6, 6.07) is 7.61. The molecule has 1 saturated heterocycles. The molecule has 0 spiro atoms. The van der Waals surface area contributed by atoms with Crippen molar-refractivity contribution in [3.8, 4) is 5.75 Å². The second-order valence-electron chi connectivity index (χ2n) is 8.41. The van der Waals surface area contributed by atoms with Crippen LogP contribution in [0.4, 0.5) is 0 Å². The summed E-state index contributed by atoms with van der Waals surface area (Å²) in [7, 11) is 3.40. The number of ether oxygens (including phenoxy) is 1. The molecule has 1 aliphatic heterocycles. The van der Waals surface area contributed by atoms with Crippen molar-refractivity contribution in [2.24, 2.45) is 7.05 Å². The molecule has 0 bridgehead atoms. The number of amides is 2. The summed E-state index contributed by atoms with van der Waals surface area (Å²) in [6.07, 6.45) is 3.72. The van der Waals surface area contributed by atoms with Crippen molar-refractivity contribution in [3.63, 3.8) is 0 Å². The van der Waals surface area contributed by atoms with Gasteiger partial charge in [-0.1, -0.05) is 23.7 Å². The van der Waals surface area contributed by atoms with Crippen LogP contribution in [0.2, 0.25) is 5.02 Å². The summed E-state index contributed by atoms with van der Waals surface area (Å²) in [5.74, 6) is 0.387. The molecule has 32 heavy (non-hydrogen) atoms. The Bertz CT molecular complexity index is 1230. The summed E-state index contributed by atoms with van der Waals surface area (Å²) in [4.78, 5) is 31.5. The van der Waals surface area contributed by atoms with E-state index in [1.807, 2.05) is 31.2 Å². The molecular weight excluding hydrogens is 430 g/mol. The lowest BCUT2D eigenvalue weighted by Crippen LogP contribution is -2.49. The Morgan fingerprint density at radius 2 is 1.81 bits per heavy atom. The van der Waals surface area contributed by atoms with Crippen LogP contribution in [0.1, 0.15) is 40.9 Å². The van der Waals surface area contributed by atoms with E-state index in [2.05, 4.69) is 10.1 Å². The zero-order valence-corrected chi connectivity index (χ0v) is 19.0. The molecule has 0 atom stereocenters. The normalized spacial score (nSPS) is 17.1. The lowest BCUT2D eigenvalue weighted by Gasteiger charge is -2.31. The second kappa shape index (κ2) is 7.48. The van der Waals surface area contributed by atoms with E-state index >= 15 is 0 Å². The number of nitrogens with zero attached hydrogens (tertiary/aromatic N) is 5. The molecule has 1 aliphatic carbocycles. The summed E-state index contributed by atoms with van der Waals surface area (Å²) in [5, 5.41) is 8.45. The molecule has 5 rings (SSSR count). The van der Waals surface area contributed by atoms with Gasteiger partial charge in [0.25, 0.3) is 11.8 Å². The van der Waals surface area contributed by atoms with Crippen LogP contribution in [-0.4, -0.2) is 56.8 Å². The van der Waals surface area contributed by atoms with Gasteiger partial charge in [0.15, 0.2) is 5.65 Å². The van der Waals surface area contributed by atoms with Crippen LogP contribution in [0.5, 0.6) is 5.75 Å². The number of hydrogen-bond acceptors (Lipinski definition) is 5. The molecule has 2 amide bonds. The number of carbonyl (C=O) groups is 2. The van der Waals surface area contributed by atoms with Crippen molar-refractivity contribution in [2.45, 2.75) is 31.6 Å². The number of rotatable bonds is 4. The average Bonchev–Trinajstić information content (AvgIpc) is 3.36. The molecule has 166 valence electrons. The monoisotopic (exact) mass is 453 g/mol. The van der Waals surface area contributed by atoms with Gasteiger partial charge in [0.05, 0.1) is 34.2 Å². The number of carbonyl (C=O) groups excluding carboxylic acids is 2. The molecule has 2 aromatic heterocycles. The van der Waals surface area contributed by atoms with Gasteiger partial charge < -0.3 is 4.74 Å². The zero-order chi connectivity index (χ0) is 22.6. The minimum Gasteiger partial charge on any atom is -0.497 e. The van der Waals surface area contributed by atoms with E-state index in [-0.39, 0.29) is 17.4 Å². The Balaban J connectivity index is 1.45. The number of aryl methyl sites for hydroxylation is 2. The number of halogens is 1. The number of hydrazine groups is 1. The molecule has 0 radical (unpaired) electrons. The van der Waals surface area contributed by atoms with E-state index in [0.29, 0.717) is 34.8 Å². The lowest BCUT2D eigenvalue weighted by molar-refractivity contribution is -0.143. The maximum absolute atomic E-state index is 13.6. The Hall–Kier alpha value is -3.13. The van der Waals surface area contributed by atoms with E-state index < -0.39 is 5.41 Å². The minimum atomic E-state index is -0.582. The predicted molar refractivity (Wildman–Crippen MR) is 120 cm³/mol. The molecule has 2 aliphatic rings. The summed E-state index contributed by atoms with van der Waals surface area (Å²) >= 11 is 6.63. The van der Waals surface area contributed by atoms with Crippen molar-refractivity contribution in [1.82, 2.24) is 24.8 Å². The largest absolute Gasteiger partial charge is 0.497 e. The van der Waals surface area contributed by atoms with E-state index in [9.17, 15) is 9.59 Å². The molecule has 0 N–H and O–H groups in total. The number of pyridine rings is 1. The van der Waals surface area contributed by atoms with Crippen molar-refractivity contribution >= 4 is 34.4 Å². The quantitative estimate of drug-likeness (QED) is 0.605. The second-order valence-corrected chi connectivity index (χ2v) is 8.79. The highest BCUT2D eigenvalue weighted by Gasteiger charge is 2.55. The Morgan fingerprint density at radius 1 is 1.12 bits per heavy atom. The number of benzene rings is 1. The van der Waals surface area contributed by atoms with Gasteiger partial charge in [0.1, 0.15) is 5.75 Å². The summed E-state index contributed by atoms with van der Waals surface area (Å²) in [5.41, 5.74) is 1.98. The van der Waals surface area contributed by atoms with Gasteiger partial charge in [-0.2, -0.15) is 5.10 Å². The molecule has 1 saturated carbocycles. The fourth-order valence-electron chi connectivity index (χ4n) is 4.60. The first-order valence-electron chi connectivity index (χ1n) is 10.6. The SMILES string of the molecule is COc1ccc(C2(C(=O)N3CCCN3C(=O)c3cnc4c(c(C)nn4C)c3Cl)CC2)cc1. The van der Waals surface area contributed by atoms with Crippen molar-refractivity contribution in [2.75, 3.05) is 20.2 Å². The van der Waals surface area contributed by atoms with Crippen molar-refractivity contribution < 1.29 is 14.3 Å². The van der Waals surface area contributed by atoms with E-state index in [0.717, 1.165) is 30.6 Å². The molecular formula is C23H24ClN5O3. The number of methoxy groups -OCH3 is 1. The van der Waals surface area contributed by atoms with Gasteiger partial charge >= 0.3 is 0 Å². The number of hydrogen-bond donors (Lipinski definition) is 0. The first-order chi connectivity index (χ1) is 15.4. The minimum absolute atomic E-state index is 0.0452. The predicted octanol–water partition coefficient (Wildman–Crippen LogP) is 3.26. The maximum atomic E-state index is 13.6. The van der Waals surface area contributed by atoms with Crippen LogP contribution in [0, 0.1) is 6.92 Å². The first-order valence-corrected chi connectivity index (χ1v) is 11.0. The lowest BCUT2D eigenvalue weighted by atomic mass is 9.94. The van der Waals surface area contributed by atoms with Crippen LogP contribution in [-0.2, 0) is 17.3 Å². The zero-order valence-electron chi connectivity index (χ0n) is 18.3. The Labute approximate surface area is 190 Å². The summed E-state index contributed by atoms with van der Waals surface area (Å²) in [6.45, 7) is 2.80.